The molecule has 0 unspecified atom stereocenters. The highest BCUT2D eigenvalue weighted by Crippen LogP contribution is 2.55. The van der Waals surface area contributed by atoms with E-state index in [0.29, 0.717) is 5.39 Å². The zero-order chi connectivity index (χ0) is 12.6. The normalized spacial score (nSPS) is 11.6. The van der Waals surface area contributed by atoms with Crippen LogP contribution in [0.15, 0.2) is 30.5 Å². The molecular weight excluding hydrogens is 286 g/mol. The molecule has 0 aliphatic carbocycles. The lowest BCUT2D eigenvalue weighted by Gasteiger charge is -2.03. The first-order valence-corrected chi connectivity index (χ1v) is 7.94. The summed E-state index contributed by atoms with van der Waals surface area (Å²) in [5, 5.41) is 11.4. The van der Waals surface area contributed by atoms with E-state index < -0.39 is 10.8 Å². The lowest BCUT2D eigenvalue weighted by Crippen LogP contribution is -2.00. The summed E-state index contributed by atoms with van der Waals surface area (Å²) in [6, 6.07) is 5.91. The van der Waals surface area contributed by atoms with E-state index in [9.17, 15) is 14.7 Å². The van der Waals surface area contributed by atoms with E-state index in [1.54, 1.807) is 6.07 Å². The molecule has 0 aliphatic heterocycles. The second kappa shape index (κ2) is 4.26. The second-order valence-electron chi connectivity index (χ2n) is 3.26. The van der Waals surface area contributed by atoms with Gasteiger partial charge in [0.05, 0.1) is 10.2 Å². The number of halogens is 2. The van der Waals surface area contributed by atoms with Gasteiger partial charge in [-0.3, -0.25) is 14.7 Å². The van der Waals surface area contributed by atoms with Crippen LogP contribution in [0.25, 0.3) is 10.9 Å². The Balaban J connectivity index is 2.74. The van der Waals surface area contributed by atoms with Gasteiger partial charge in [0.15, 0.2) is 0 Å². The number of pyridine rings is 1. The van der Waals surface area contributed by atoms with Crippen LogP contribution in [0.4, 0.5) is 5.69 Å². The lowest BCUT2D eigenvalue weighted by molar-refractivity contribution is -0.383. The van der Waals surface area contributed by atoms with Crippen LogP contribution in [0.3, 0.4) is 0 Å². The summed E-state index contributed by atoms with van der Waals surface area (Å²) in [5.74, 6) is -3.45. The fraction of sp³-hybridized carbons (Fsp3) is 0. The average molecular weight is 291 g/mol. The Morgan fingerprint density at radius 3 is 2.65 bits per heavy atom. The SMILES string of the molecule is O=[N+]([O-])c1cccc2cc(P(=O)(Cl)Cl)cnc12. The van der Waals surface area contributed by atoms with Crippen molar-refractivity contribution in [2.45, 2.75) is 0 Å². The van der Waals surface area contributed by atoms with Crippen molar-refractivity contribution in [3.8, 4) is 0 Å². The molecule has 0 spiro atoms. The molecule has 2 aromatic rings. The van der Waals surface area contributed by atoms with Crippen molar-refractivity contribution in [2.24, 2.45) is 0 Å². The summed E-state index contributed by atoms with van der Waals surface area (Å²) < 4.78 is 11.4. The molecule has 0 saturated carbocycles. The molecule has 0 amide bonds. The number of hydrogen-bond donors (Lipinski definition) is 0. The third kappa shape index (κ3) is 2.41. The summed E-state index contributed by atoms with van der Waals surface area (Å²) in [5.41, 5.74) is 0.0936. The zero-order valence-corrected chi connectivity index (χ0v) is 10.6. The summed E-state index contributed by atoms with van der Waals surface area (Å²) in [6.45, 7) is 0. The first kappa shape index (κ1) is 12.3. The number of nitro benzene ring substituents is 1. The van der Waals surface area contributed by atoms with Crippen molar-refractivity contribution in [3.05, 3.63) is 40.6 Å². The molecule has 17 heavy (non-hydrogen) atoms. The van der Waals surface area contributed by atoms with Crippen LogP contribution in [0.1, 0.15) is 0 Å². The molecule has 1 aromatic heterocycles. The minimum atomic E-state index is -3.45. The molecule has 0 bridgehead atoms. The van der Waals surface area contributed by atoms with Gasteiger partial charge in [-0.1, -0.05) is 12.1 Å². The van der Waals surface area contributed by atoms with E-state index in [1.165, 1.54) is 24.4 Å². The third-order valence-corrected chi connectivity index (χ3v) is 4.19. The summed E-state index contributed by atoms with van der Waals surface area (Å²) in [4.78, 5) is 14.1. The number of nitrogens with zero attached hydrogens (tertiary/aromatic N) is 2. The minimum Gasteiger partial charge on any atom is -0.284 e. The molecule has 2 rings (SSSR count). The first-order valence-electron chi connectivity index (χ1n) is 4.42. The predicted molar refractivity (Wildman–Crippen MR) is 67.3 cm³/mol. The minimum absolute atomic E-state index is 0.118. The van der Waals surface area contributed by atoms with Gasteiger partial charge in [0.1, 0.15) is 5.52 Å². The maximum atomic E-state index is 11.4. The molecule has 0 atom stereocenters. The second-order valence-corrected chi connectivity index (χ2v) is 8.08. The Bertz CT molecular complexity index is 656. The van der Waals surface area contributed by atoms with Gasteiger partial charge in [0, 0.05) is 17.6 Å². The average Bonchev–Trinajstić information content (AvgIpc) is 2.26. The molecule has 0 N–H and O–H groups in total. The van der Waals surface area contributed by atoms with Crippen molar-refractivity contribution >= 4 is 50.2 Å². The van der Waals surface area contributed by atoms with Crippen LogP contribution in [0.5, 0.6) is 0 Å². The van der Waals surface area contributed by atoms with Gasteiger partial charge in [-0.25, -0.2) is 4.98 Å². The van der Waals surface area contributed by atoms with Gasteiger partial charge in [-0.15, -0.1) is 0 Å². The standard InChI is InChI=1S/C9H5Cl2N2O3P/c10-17(11,16)7-4-6-2-1-3-8(13(14)15)9(6)12-5-7/h1-5H. The van der Waals surface area contributed by atoms with Crippen molar-refractivity contribution in [2.75, 3.05) is 0 Å². The van der Waals surface area contributed by atoms with Gasteiger partial charge in [0.2, 0.25) is 0 Å². The van der Waals surface area contributed by atoms with E-state index in [1.807, 2.05) is 0 Å². The van der Waals surface area contributed by atoms with Gasteiger partial charge in [-0.05, 0) is 28.5 Å². The van der Waals surface area contributed by atoms with Crippen LogP contribution in [-0.4, -0.2) is 9.91 Å². The largest absolute Gasteiger partial charge is 0.295 e. The Morgan fingerprint density at radius 1 is 1.35 bits per heavy atom. The molecule has 1 heterocycles. The molecule has 88 valence electrons. The Morgan fingerprint density at radius 2 is 2.06 bits per heavy atom. The van der Waals surface area contributed by atoms with E-state index in [-0.39, 0.29) is 16.5 Å². The van der Waals surface area contributed by atoms with Crippen LogP contribution in [0, 0.1) is 10.1 Å². The topological polar surface area (TPSA) is 73.1 Å². The fourth-order valence-corrected chi connectivity index (χ4v) is 2.46. The molecule has 0 radical (unpaired) electrons. The highest BCUT2D eigenvalue weighted by molar-refractivity contribution is 8.13. The molecule has 0 saturated heterocycles. The number of hydrogen-bond acceptors (Lipinski definition) is 4. The highest BCUT2D eigenvalue weighted by Gasteiger charge is 2.20. The van der Waals surface area contributed by atoms with Crippen molar-refractivity contribution in [1.29, 1.82) is 0 Å². The van der Waals surface area contributed by atoms with Gasteiger partial charge >= 0.3 is 0 Å². The predicted octanol–water partition coefficient (Wildman–Crippen LogP) is 3.44. The lowest BCUT2D eigenvalue weighted by atomic mass is 10.2. The van der Waals surface area contributed by atoms with Crippen LogP contribution >= 0.6 is 28.3 Å². The number of rotatable bonds is 2. The number of para-hydroxylation sites is 1. The number of benzene rings is 1. The highest BCUT2D eigenvalue weighted by atomic mass is 35.9. The maximum absolute atomic E-state index is 11.4. The molecule has 8 heteroatoms. The Kier molecular flexibility index (Phi) is 3.08. The molecule has 1 aromatic carbocycles. The number of fused-ring (bicyclic) bond motifs is 1. The third-order valence-electron chi connectivity index (χ3n) is 2.17. The van der Waals surface area contributed by atoms with Crippen LogP contribution < -0.4 is 5.30 Å². The number of non-ortho nitro benzene ring substituents is 1. The number of nitro groups is 1. The van der Waals surface area contributed by atoms with E-state index >= 15 is 0 Å². The quantitative estimate of drug-likeness (QED) is 0.482. The van der Waals surface area contributed by atoms with E-state index in [2.05, 4.69) is 4.98 Å². The van der Waals surface area contributed by atoms with Gasteiger partial charge < -0.3 is 0 Å². The first-order chi connectivity index (χ1) is 7.89. The molecule has 0 aliphatic rings. The Hall–Kier alpha value is -1.16. The van der Waals surface area contributed by atoms with Crippen molar-refractivity contribution in [1.82, 2.24) is 4.98 Å². The molecular formula is C9H5Cl2N2O3P. The van der Waals surface area contributed by atoms with Crippen LogP contribution in [-0.2, 0) is 4.57 Å². The molecule has 0 fully saturated rings. The summed E-state index contributed by atoms with van der Waals surface area (Å²) >= 11 is 11.0. The maximum Gasteiger partial charge on any atom is 0.295 e. The Labute approximate surface area is 105 Å². The monoisotopic (exact) mass is 290 g/mol. The van der Waals surface area contributed by atoms with Crippen molar-refractivity contribution < 1.29 is 9.49 Å². The van der Waals surface area contributed by atoms with Gasteiger partial charge in [0.25, 0.3) is 11.5 Å². The smallest absolute Gasteiger partial charge is 0.284 e. The van der Waals surface area contributed by atoms with E-state index in [0.717, 1.165) is 0 Å². The summed E-state index contributed by atoms with van der Waals surface area (Å²) in [7, 11) is 0. The van der Waals surface area contributed by atoms with Crippen molar-refractivity contribution in [3.63, 3.8) is 0 Å². The fourth-order valence-electron chi connectivity index (χ4n) is 1.42. The summed E-state index contributed by atoms with van der Waals surface area (Å²) in [6.07, 6.45) is 1.19. The van der Waals surface area contributed by atoms with Gasteiger partial charge in [-0.2, -0.15) is 0 Å². The zero-order valence-electron chi connectivity index (χ0n) is 8.21. The van der Waals surface area contributed by atoms with Crippen LogP contribution in [0.2, 0.25) is 0 Å². The molecule has 5 nitrogen and oxygen atoms in total. The van der Waals surface area contributed by atoms with E-state index in [4.69, 9.17) is 22.5 Å². The number of aromatic nitrogens is 1.